The number of aromatic nitrogens is 2. The molecule has 1 amide bonds. The Bertz CT molecular complexity index is 995. The zero-order valence-corrected chi connectivity index (χ0v) is 16.4. The number of benzene rings is 1. The van der Waals surface area contributed by atoms with E-state index in [-0.39, 0.29) is 23.2 Å². The summed E-state index contributed by atoms with van der Waals surface area (Å²) in [6, 6.07) is 8.13. The lowest BCUT2D eigenvalue weighted by Crippen LogP contribution is -2.40. The molecule has 1 atom stereocenters. The maximum Gasteiger partial charge on any atom is 0.294 e. The van der Waals surface area contributed by atoms with Crippen molar-refractivity contribution in [2.45, 2.75) is 25.3 Å². The summed E-state index contributed by atoms with van der Waals surface area (Å²) in [5.74, 6) is 0.447. The van der Waals surface area contributed by atoms with E-state index in [1.54, 1.807) is 35.4 Å². The van der Waals surface area contributed by atoms with Gasteiger partial charge in [-0.25, -0.2) is 4.98 Å². The van der Waals surface area contributed by atoms with E-state index < -0.39 is 4.92 Å². The first-order valence-electron chi connectivity index (χ1n) is 9.96. The molecular weight excluding hydrogens is 386 g/mol. The van der Waals surface area contributed by atoms with Gasteiger partial charge >= 0.3 is 0 Å². The van der Waals surface area contributed by atoms with E-state index in [9.17, 15) is 14.9 Å². The highest BCUT2D eigenvalue weighted by atomic mass is 16.6. The minimum Gasteiger partial charge on any atom is -0.468 e. The smallest absolute Gasteiger partial charge is 0.294 e. The molecule has 0 radical (unpaired) electrons. The number of nitrogens with one attached hydrogen (secondary N) is 1. The molecule has 156 valence electrons. The average Bonchev–Trinajstić information content (AvgIpc) is 3.49. The first-order chi connectivity index (χ1) is 14.6. The number of nitro groups is 1. The van der Waals surface area contributed by atoms with Crippen molar-refractivity contribution in [1.29, 1.82) is 0 Å². The fourth-order valence-electron chi connectivity index (χ4n) is 3.84. The van der Waals surface area contributed by atoms with Gasteiger partial charge in [0.1, 0.15) is 11.4 Å². The number of carbonyl (C=O) groups is 1. The first kappa shape index (κ1) is 19.8. The van der Waals surface area contributed by atoms with Crippen molar-refractivity contribution >= 4 is 11.6 Å². The molecule has 3 aromatic rings. The van der Waals surface area contributed by atoms with Crippen LogP contribution in [0.2, 0.25) is 0 Å². The molecule has 0 bridgehead atoms. The Balaban J connectivity index is 1.51. The maximum absolute atomic E-state index is 12.8. The molecule has 9 nitrogen and oxygen atoms in total. The van der Waals surface area contributed by atoms with Crippen LogP contribution in [0.4, 0.5) is 5.69 Å². The van der Waals surface area contributed by atoms with Gasteiger partial charge < -0.3 is 14.3 Å². The highest BCUT2D eigenvalue weighted by molar-refractivity contribution is 5.95. The summed E-state index contributed by atoms with van der Waals surface area (Å²) in [6.07, 6.45) is 9.72. The number of rotatable bonds is 7. The van der Waals surface area contributed by atoms with Gasteiger partial charge in [-0.05, 0) is 50.2 Å². The largest absolute Gasteiger partial charge is 0.468 e. The molecule has 1 aromatic carbocycles. The highest BCUT2D eigenvalue weighted by Crippen LogP contribution is 2.26. The summed E-state index contributed by atoms with van der Waals surface area (Å²) in [7, 11) is 0. The van der Waals surface area contributed by atoms with Gasteiger partial charge in [0.25, 0.3) is 11.6 Å². The first-order valence-corrected chi connectivity index (χ1v) is 9.96. The molecule has 1 N–H and O–H groups in total. The van der Waals surface area contributed by atoms with E-state index in [0.717, 1.165) is 31.7 Å². The van der Waals surface area contributed by atoms with Gasteiger partial charge in [0.2, 0.25) is 0 Å². The number of hydrogen-bond donors (Lipinski definition) is 1. The van der Waals surface area contributed by atoms with Gasteiger partial charge in [0.15, 0.2) is 0 Å². The topological polar surface area (TPSA) is 106 Å². The van der Waals surface area contributed by atoms with Crippen molar-refractivity contribution < 1.29 is 14.1 Å². The molecule has 1 saturated heterocycles. The summed E-state index contributed by atoms with van der Waals surface area (Å²) >= 11 is 0. The second-order valence-corrected chi connectivity index (χ2v) is 7.27. The Morgan fingerprint density at radius 3 is 2.77 bits per heavy atom. The van der Waals surface area contributed by atoms with Crippen LogP contribution in [0.5, 0.6) is 0 Å². The average molecular weight is 409 g/mol. The standard InChI is InChI=1S/C21H23N5O4/c27-21(16-6-7-17(18(13-16)26(28)29)25-11-8-22-15-25)23-14-19(20-5-4-12-30-20)24-9-2-1-3-10-24/h4-8,11-13,15,19H,1-3,9-10,14H2,(H,23,27). The molecule has 1 unspecified atom stereocenters. The second-order valence-electron chi connectivity index (χ2n) is 7.27. The number of furan rings is 1. The molecule has 1 aliphatic heterocycles. The Morgan fingerprint density at radius 1 is 1.27 bits per heavy atom. The van der Waals surface area contributed by atoms with Crippen LogP contribution in [0.15, 0.2) is 59.7 Å². The lowest BCUT2D eigenvalue weighted by atomic mass is 10.1. The third-order valence-electron chi connectivity index (χ3n) is 5.38. The van der Waals surface area contributed by atoms with Gasteiger partial charge in [0, 0.05) is 30.6 Å². The molecule has 9 heteroatoms. The van der Waals surface area contributed by atoms with Gasteiger partial charge in [-0.1, -0.05) is 6.42 Å². The molecule has 2 aromatic heterocycles. The molecular formula is C21H23N5O4. The lowest BCUT2D eigenvalue weighted by molar-refractivity contribution is -0.384. The summed E-state index contributed by atoms with van der Waals surface area (Å²) < 4.78 is 7.15. The minimum atomic E-state index is -0.495. The van der Waals surface area contributed by atoms with Crippen LogP contribution < -0.4 is 5.32 Å². The van der Waals surface area contributed by atoms with Gasteiger partial charge in [-0.15, -0.1) is 0 Å². The van der Waals surface area contributed by atoms with Crippen LogP contribution in [0.3, 0.4) is 0 Å². The zero-order chi connectivity index (χ0) is 20.9. The summed E-state index contributed by atoms with van der Waals surface area (Å²) in [5.41, 5.74) is 0.442. The van der Waals surface area contributed by atoms with Crippen molar-refractivity contribution in [3.05, 3.63) is 76.8 Å². The van der Waals surface area contributed by atoms with E-state index in [1.807, 2.05) is 12.1 Å². The number of hydrogen-bond acceptors (Lipinski definition) is 6. The molecule has 30 heavy (non-hydrogen) atoms. The molecule has 0 saturated carbocycles. The van der Waals surface area contributed by atoms with Gasteiger partial charge in [-0.3, -0.25) is 19.8 Å². The van der Waals surface area contributed by atoms with Crippen molar-refractivity contribution in [2.75, 3.05) is 19.6 Å². The summed E-state index contributed by atoms with van der Waals surface area (Å²) in [6.45, 7) is 2.27. The number of amides is 1. The summed E-state index contributed by atoms with van der Waals surface area (Å²) in [4.78, 5) is 30.1. The van der Waals surface area contributed by atoms with Crippen LogP contribution >= 0.6 is 0 Å². The van der Waals surface area contributed by atoms with E-state index >= 15 is 0 Å². The highest BCUT2D eigenvalue weighted by Gasteiger charge is 2.26. The molecule has 0 spiro atoms. The lowest BCUT2D eigenvalue weighted by Gasteiger charge is -2.33. The van der Waals surface area contributed by atoms with Crippen LogP contribution in [0.1, 0.15) is 41.4 Å². The van der Waals surface area contributed by atoms with Gasteiger partial charge in [-0.2, -0.15) is 0 Å². The molecule has 1 aliphatic rings. The second kappa shape index (κ2) is 8.91. The Morgan fingerprint density at radius 2 is 2.10 bits per heavy atom. The predicted octanol–water partition coefficient (Wildman–Crippen LogP) is 3.33. The van der Waals surface area contributed by atoms with Gasteiger partial charge in [0.05, 0.1) is 23.6 Å². The van der Waals surface area contributed by atoms with Crippen LogP contribution in [-0.4, -0.2) is 44.9 Å². The fourth-order valence-corrected chi connectivity index (χ4v) is 3.84. The van der Waals surface area contributed by atoms with Crippen molar-refractivity contribution in [3.63, 3.8) is 0 Å². The van der Waals surface area contributed by atoms with Crippen molar-refractivity contribution in [3.8, 4) is 5.69 Å². The predicted molar refractivity (Wildman–Crippen MR) is 109 cm³/mol. The van der Waals surface area contributed by atoms with Crippen LogP contribution in [0.25, 0.3) is 5.69 Å². The normalized spacial score (nSPS) is 15.6. The summed E-state index contributed by atoms with van der Waals surface area (Å²) in [5, 5.41) is 14.5. The molecule has 0 aliphatic carbocycles. The number of piperidine rings is 1. The third-order valence-corrected chi connectivity index (χ3v) is 5.38. The molecule has 3 heterocycles. The van der Waals surface area contributed by atoms with Crippen molar-refractivity contribution in [2.24, 2.45) is 0 Å². The number of likely N-dealkylation sites (tertiary alicyclic amines) is 1. The fraction of sp³-hybridized carbons (Fsp3) is 0.333. The van der Waals surface area contributed by atoms with E-state index in [2.05, 4.69) is 15.2 Å². The maximum atomic E-state index is 12.8. The third kappa shape index (κ3) is 4.25. The number of carbonyl (C=O) groups excluding carboxylic acids is 1. The molecule has 4 rings (SSSR count). The van der Waals surface area contributed by atoms with Crippen LogP contribution in [-0.2, 0) is 0 Å². The van der Waals surface area contributed by atoms with Crippen molar-refractivity contribution in [1.82, 2.24) is 19.8 Å². The number of nitrogens with zero attached hydrogens (tertiary/aromatic N) is 4. The molecule has 1 fully saturated rings. The Labute approximate surface area is 173 Å². The van der Waals surface area contributed by atoms with Crippen LogP contribution in [0, 0.1) is 10.1 Å². The monoisotopic (exact) mass is 409 g/mol. The number of nitro benzene ring substituents is 1. The zero-order valence-electron chi connectivity index (χ0n) is 16.4. The van der Waals surface area contributed by atoms with E-state index in [1.165, 1.54) is 18.8 Å². The van der Waals surface area contributed by atoms with E-state index in [0.29, 0.717) is 12.2 Å². The quantitative estimate of drug-likeness (QED) is 0.474. The Kier molecular flexibility index (Phi) is 5.89. The SMILES string of the molecule is O=C(NCC(c1ccco1)N1CCCCC1)c1ccc(-n2ccnc2)c([N+](=O)[O-])c1. The van der Waals surface area contributed by atoms with E-state index in [4.69, 9.17) is 4.42 Å². The number of imidazole rings is 1. The Hall–Kier alpha value is -3.46. The minimum absolute atomic E-state index is 0.0653.